The fraction of sp³-hybridized carbons (Fsp3) is 0.455. The minimum absolute atomic E-state index is 0.220. The zero-order valence-electron chi connectivity index (χ0n) is 10.9. The average Bonchev–Trinajstić information content (AvgIpc) is 3.11. The van der Waals surface area contributed by atoms with Crippen LogP contribution in [0.5, 0.6) is 0 Å². The van der Waals surface area contributed by atoms with Gasteiger partial charge in [0.05, 0.1) is 6.61 Å². The summed E-state index contributed by atoms with van der Waals surface area (Å²) in [7, 11) is 0. The van der Waals surface area contributed by atoms with Crippen LogP contribution in [0, 0.1) is 0 Å². The Bertz CT molecular complexity index is 767. The highest BCUT2D eigenvalue weighted by Gasteiger charge is 2.55. The molecule has 0 radical (unpaired) electrons. The lowest BCUT2D eigenvalue weighted by molar-refractivity contribution is -0.0712. The van der Waals surface area contributed by atoms with Gasteiger partial charge in [0.15, 0.2) is 40.2 Å². The molecule has 4 atom stereocenters. The number of carbonyl (C=O) groups is 1. The summed E-state index contributed by atoms with van der Waals surface area (Å²) >= 11 is 3.31. The molecule has 2 aromatic rings. The molecule has 2 aliphatic heterocycles. The summed E-state index contributed by atoms with van der Waals surface area (Å²) in [6.07, 6.45) is -2.33. The zero-order valence-corrected chi connectivity index (χ0v) is 12.5. The van der Waals surface area contributed by atoms with Crippen LogP contribution in [0.1, 0.15) is 6.23 Å². The number of hydrogen-bond donors (Lipinski definition) is 2. The predicted octanol–water partition coefficient (Wildman–Crippen LogP) is -0.0353. The van der Waals surface area contributed by atoms with Crippen molar-refractivity contribution in [3.05, 3.63) is 11.1 Å². The number of aromatic nitrogens is 4. The Morgan fingerprint density at radius 1 is 1.36 bits per heavy atom. The van der Waals surface area contributed by atoms with E-state index in [1.54, 1.807) is 4.57 Å². The molecule has 2 fully saturated rings. The SMILES string of the molecule is Nc1ncnc2c1nc(Br)n2[C@@H]1O[C@H](CO)[C@H]2OC(=O)O[C@H]21. The molecule has 2 aliphatic rings. The van der Waals surface area contributed by atoms with E-state index in [1.165, 1.54) is 6.33 Å². The number of imidazole rings is 1. The number of nitrogens with zero attached hydrogens (tertiary/aromatic N) is 4. The number of anilines is 1. The molecule has 11 heteroatoms. The molecule has 22 heavy (non-hydrogen) atoms. The second kappa shape index (κ2) is 4.76. The third-order valence-electron chi connectivity index (χ3n) is 3.65. The topological polar surface area (TPSA) is 135 Å². The van der Waals surface area contributed by atoms with Gasteiger partial charge in [-0.25, -0.2) is 19.7 Å². The third-order valence-corrected chi connectivity index (χ3v) is 4.21. The summed E-state index contributed by atoms with van der Waals surface area (Å²) in [6, 6.07) is 0. The largest absolute Gasteiger partial charge is 0.509 e. The molecule has 0 saturated carbocycles. The van der Waals surface area contributed by atoms with Gasteiger partial charge in [-0.3, -0.25) is 4.57 Å². The van der Waals surface area contributed by atoms with Gasteiger partial charge in [0.1, 0.15) is 12.4 Å². The lowest BCUT2D eigenvalue weighted by Crippen LogP contribution is -2.30. The summed E-state index contributed by atoms with van der Waals surface area (Å²) in [5, 5.41) is 9.39. The molecule has 4 heterocycles. The Hall–Kier alpha value is -1.98. The van der Waals surface area contributed by atoms with Gasteiger partial charge < -0.3 is 25.1 Å². The highest BCUT2D eigenvalue weighted by Crippen LogP contribution is 2.40. The maximum absolute atomic E-state index is 11.4. The number of rotatable bonds is 2. The van der Waals surface area contributed by atoms with Gasteiger partial charge >= 0.3 is 6.16 Å². The molecule has 10 nitrogen and oxygen atoms in total. The second-order valence-electron chi connectivity index (χ2n) is 4.84. The smallest absolute Gasteiger partial charge is 0.424 e. The van der Waals surface area contributed by atoms with Crippen LogP contribution in [0.3, 0.4) is 0 Å². The predicted molar refractivity (Wildman–Crippen MR) is 73.6 cm³/mol. The number of aliphatic hydroxyl groups excluding tert-OH is 1. The Kier molecular flexibility index (Phi) is 2.96. The summed E-state index contributed by atoms with van der Waals surface area (Å²) in [6.45, 7) is -0.310. The summed E-state index contributed by atoms with van der Waals surface area (Å²) in [5.41, 5.74) is 6.60. The van der Waals surface area contributed by atoms with Crippen molar-refractivity contribution in [1.82, 2.24) is 19.5 Å². The summed E-state index contributed by atoms with van der Waals surface area (Å²) < 4.78 is 17.9. The molecule has 2 saturated heterocycles. The normalized spacial score (nSPS) is 30.4. The van der Waals surface area contributed by atoms with E-state index in [9.17, 15) is 9.90 Å². The fourth-order valence-electron chi connectivity index (χ4n) is 2.71. The van der Waals surface area contributed by atoms with Crippen LogP contribution >= 0.6 is 15.9 Å². The number of aliphatic hydroxyl groups is 1. The van der Waals surface area contributed by atoms with E-state index in [-0.39, 0.29) is 12.4 Å². The molecule has 0 spiro atoms. The number of hydrogen-bond acceptors (Lipinski definition) is 9. The zero-order chi connectivity index (χ0) is 15.4. The van der Waals surface area contributed by atoms with Crippen LogP contribution in [0.2, 0.25) is 0 Å². The first-order chi connectivity index (χ1) is 10.6. The number of ether oxygens (including phenoxy) is 3. The van der Waals surface area contributed by atoms with Gasteiger partial charge in [-0.1, -0.05) is 0 Å². The van der Waals surface area contributed by atoms with E-state index in [0.29, 0.717) is 15.9 Å². The molecule has 3 N–H and O–H groups in total. The monoisotopic (exact) mass is 371 g/mol. The molecule has 0 amide bonds. The van der Waals surface area contributed by atoms with E-state index < -0.39 is 30.7 Å². The molecule has 2 aromatic heterocycles. The average molecular weight is 372 g/mol. The van der Waals surface area contributed by atoms with Crippen LogP contribution < -0.4 is 5.73 Å². The molecule has 0 aliphatic carbocycles. The van der Waals surface area contributed by atoms with E-state index in [4.69, 9.17) is 19.9 Å². The lowest BCUT2D eigenvalue weighted by atomic mass is 10.1. The van der Waals surface area contributed by atoms with Gasteiger partial charge in [-0.2, -0.15) is 0 Å². The Morgan fingerprint density at radius 3 is 2.91 bits per heavy atom. The van der Waals surface area contributed by atoms with E-state index >= 15 is 0 Å². The van der Waals surface area contributed by atoms with Crippen LogP contribution in [0.25, 0.3) is 11.2 Å². The standard InChI is InChI=1S/C11H10BrN5O5/c12-10-16-4-7(13)14-2-15-8(4)17(10)9-6-5(3(1-18)20-9)21-11(19)22-6/h2-3,5-6,9,18H,1H2,(H2,13,14,15)/t3-,5-,6-,9-/m1/s1. The molecule has 0 unspecified atom stereocenters. The maximum Gasteiger partial charge on any atom is 0.509 e. The highest BCUT2D eigenvalue weighted by atomic mass is 79.9. The Morgan fingerprint density at radius 2 is 2.14 bits per heavy atom. The number of nitrogens with two attached hydrogens (primary N) is 1. The van der Waals surface area contributed by atoms with Crippen molar-refractivity contribution in [1.29, 1.82) is 0 Å². The lowest BCUT2D eigenvalue weighted by Gasteiger charge is -2.18. The second-order valence-corrected chi connectivity index (χ2v) is 5.55. The summed E-state index contributed by atoms with van der Waals surface area (Å²) in [4.78, 5) is 23.6. The minimum Gasteiger partial charge on any atom is -0.424 e. The van der Waals surface area contributed by atoms with Gasteiger partial charge in [-0.05, 0) is 15.9 Å². The van der Waals surface area contributed by atoms with Crippen molar-refractivity contribution in [2.45, 2.75) is 24.5 Å². The van der Waals surface area contributed by atoms with Crippen molar-refractivity contribution in [2.24, 2.45) is 0 Å². The van der Waals surface area contributed by atoms with Crippen molar-refractivity contribution in [3.8, 4) is 0 Å². The quantitative estimate of drug-likeness (QED) is 0.550. The van der Waals surface area contributed by atoms with Crippen molar-refractivity contribution < 1.29 is 24.1 Å². The number of fused-ring (bicyclic) bond motifs is 2. The van der Waals surface area contributed by atoms with Gasteiger partial charge in [0, 0.05) is 0 Å². The fourth-order valence-corrected chi connectivity index (χ4v) is 3.25. The molecule has 116 valence electrons. The Labute approximate surface area is 131 Å². The van der Waals surface area contributed by atoms with Crippen LogP contribution in [0.15, 0.2) is 11.1 Å². The van der Waals surface area contributed by atoms with Crippen molar-refractivity contribution in [3.63, 3.8) is 0 Å². The van der Waals surface area contributed by atoms with Gasteiger partial charge in [0.2, 0.25) is 0 Å². The first kappa shape index (κ1) is 13.7. The summed E-state index contributed by atoms with van der Waals surface area (Å²) in [5.74, 6) is 0.220. The first-order valence-electron chi connectivity index (χ1n) is 6.37. The van der Waals surface area contributed by atoms with Gasteiger partial charge in [0.25, 0.3) is 0 Å². The molecular formula is C11H10BrN5O5. The third kappa shape index (κ3) is 1.79. The molecule has 0 aromatic carbocycles. The maximum atomic E-state index is 11.4. The van der Waals surface area contributed by atoms with Crippen LogP contribution in [0.4, 0.5) is 10.6 Å². The van der Waals surface area contributed by atoms with E-state index in [1.807, 2.05) is 0 Å². The van der Waals surface area contributed by atoms with Crippen molar-refractivity contribution >= 4 is 39.1 Å². The van der Waals surface area contributed by atoms with E-state index in [2.05, 4.69) is 30.9 Å². The van der Waals surface area contributed by atoms with Crippen LogP contribution in [-0.2, 0) is 14.2 Å². The van der Waals surface area contributed by atoms with Crippen molar-refractivity contribution in [2.75, 3.05) is 12.3 Å². The molecule has 4 rings (SSSR count). The minimum atomic E-state index is -0.795. The highest BCUT2D eigenvalue weighted by molar-refractivity contribution is 9.10. The molecule has 0 bridgehead atoms. The number of halogens is 1. The number of nitrogen functional groups attached to an aromatic ring is 1. The van der Waals surface area contributed by atoms with Crippen LogP contribution in [-0.4, -0.2) is 55.7 Å². The Balaban J connectivity index is 1.83. The molecular weight excluding hydrogens is 362 g/mol. The number of carbonyl (C=O) groups excluding carboxylic acids is 1. The van der Waals surface area contributed by atoms with E-state index in [0.717, 1.165) is 0 Å². The first-order valence-corrected chi connectivity index (χ1v) is 7.17. The van der Waals surface area contributed by atoms with Gasteiger partial charge in [-0.15, -0.1) is 0 Å².